The Labute approximate surface area is 148 Å². The van der Waals surface area contributed by atoms with Gasteiger partial charge in [0.1, 0.15) is 0 Å². The highest BCUT2D eigenvalue weighted by molar-refractivity contribution is 8.00. The number of hydrogen-bond donors (Lipinski definition) is 1. The van der Waals surface area contributed by atoms with Crippen LogP contribution in [0.2, 0.25) is 10.0 Å². The summed E-state index contributed by atoms with van der Waals surface area (Å²) in [6, 6.07) is 11.8. The second kappa shape index (κ2) is 8.24. The second-order valence-corrected chi connectivity index (χ2v) is 6.22. The van der Waals surface area contributed by atoms with Crippen LogP contribution in [0, 0.1) is 0 Å². The number of ether oxygens (including phenoxy) is 1. The molecule has 0 atom stereocenters. The van der Waals surface area contributed by atoms with Crippen LogP contribution in [0.4, 0.5) is 5.69 Å². The van der Waals surface area contributed by atoms with E-state index in [4.69, 9.17) is 23.2 Å². The maximum atomic E-state index is 12.1. The summed E-state index contributed by atoms with van der Waals surface area (Å²) < 4.78 is 4.69. The summed E-state index contributed by atoms with van der Waals surface area (Å²) in [6.07, 6.45) is 0. The SMILES string of the molecule is COC(=O)c1ccccc1NC(=O)CSc1c(Cl)cccc1Cl. The Morgan fingerprint density at radius 2 is 1.74 bits per heavy atom. The molecule has 0 heterocycles. The van der Waals surface area contributed by atoms with Crippen molar-refractivity contribution in [1.29, 1.82) is 0 Å². The molecule has 7 heteroatoms. The molecule has 0 spiro atoms. The summed E-state index contributed by atoms with van der Waals surface area (Å²) in [5.41, 5.74) is 0.694. The number of methoxy groups -OCH3 is 1. The van der Waals surface area contributed by atoms with Crippen molar-refractivity contribution < 1.29 is 14.3 Å². The molecular weight excluding hydrogens is 357 g/mol. The third-order valence-electron chi connectivity index (χ3n) is 2.87. The largest absolute Gasteiger partial charge is 0.465 e. The van der Waals surface area contributed by atoms with Gasteiger partial charge < -0.3 is 10.1 Å². The Morgan fingerprint density at radius 1 is 1.09 bits per heavy atom. The van der Waals surface area contributed by atoms with Gasteiger partial charge in [-0.3, -0.25) is 4.79 Å². The molecule has 4 nitrogen and oxygen atoms in total. The average molecular weight is 370 g/mol. The molecule has 2 aromatic rings. The van der Waals surface area contributed by atoms with E-state index in [-0.39, 0.29) is 11.7 Å². The molecule has 0 aliphatic rings. The molecule has 0 aliphatic heterocycles. The summed E-state index contributed by atoms with van der Waals surface area (Å²) in [4.78, 5) is 24.4. The molecule has 0 aromatic heterocycles. The van der Waals surface area contributed by atoms with E-state index < -0.39 is 5.97 Å². The Bertz CT molecular complexity index is 717. The minimum absolute atomic E-state index is 0.110. The standard InChI is InChI=1S/C16H13Cl2NO3S/c1-22-16(21)10-5-2-3-8-13(10)19-14(20)9-23-15-11(17)6-4-7-12(15)18/h2-8H,9H2,1H3,(H,19,20). The van der Waals surface area contributed by atoms with E-state index in [9.17, 15) is 9.59 Å². The van der Waals surface area contributed by atoms with Gasteiger partial charge in [-0.15, -0.1) is 11.8 Å². The average Bonchev–Trinajstić information content (AvgIpc) is 2.54. The molecule has 0 radical (unpaired) electrons. The fraction of sp³-hybridized carbons (Fsp3) is 0.125. The molecule has 23 heavy (non-hydrogen) atoms. The number of rotatable bonds is 5. The summed E-state index contributed by atoms with van der Waals surface area (Å²) in [5, 5.41) is 3.67. The highest BCUT2D eigenvalue weighted by Crippen LogP contribution is 2.33. The summed E-state index contributed by atoms with van der Waals surface area (Å²) >= 11 is 13.4. The molecule has 0 saturated carbocycles. The zero-order valence-corrected chi connectivity index (χ0v) is 14.5. The normalized spacial score (nSPS) is 10.2. The lowest BCUT2D eigenvalue weighted by molar-refractivity contribution is -0.113. The molecule has 120 valence electrons. The Balaban J connectivity index is 2.05. The van der Waals surface area contributed by atoms with Gasteiger partial charge in [0.25, 0.3) is 0 Å². The molecule has 2 aromatic carbocycles. The van der Waals surface area contributed by atoms with Crippen LogP contribution in [0.3, 0.4) is 0 Å². The van der Waals surface area contributed by atoms with Crippen LogP contribution in [0.15, 0.2) is 47.4 Å². The first-order valence-electron chi connectivity index (χ1n) is 6.57. The monoisotopic (exact) mass is 369 g/mol. The summed E-state index contributed by atoms with van der Waals surface area (Å²) in [7, 11) is 1.29. The molecule has 1 amide bonds. The molecule has 1 N–H and O–H groups in total. The van der Waals surface area contributed by atoms with Crippen molar-refractivity contribution >= 4 is 52.5 Å². The van der Waals surface area contributed by atoms with Crippen LogP contribution in [0.25, 0.3) is 0 Å². The lowest BCUT2D eigenvalue weighted by Crippen LogP contribution is -2.17. The van der Waals surface area contributed by atoms with Crippen LogP contribution in [-0.2, 0) is 9.53 Å². The first kappa shape index (κ1) is 17.7. The maximum absolute atomic E-state index is 12.1. The lowest BCUT2D eigenvalue weighted by Gasteiger charge is -2.10. The number of nitrogens with one attached hydrogen (secondary N) is 1. The Morgan fingerprint density at radius 3 is 2.39 bits per heavy atom. The third-order valence-corrected chi connectivity index (χ3v) is 4.86. The third kappa shape index (κ3) is 4.64. The summed E-state index contributed by atoms with van der Waals surface area (Å²) in [6.45, 7) is 0. The lowest BCUT2D eigenvalue weighted by atomic mass is 10.2. The predicted octanol–water partition coefficient (Wildman–Crippen LogP) is 4.51. The first-order valence-corrected chi connectivity index (χ1v) is 8.31. The number of benzene rings is 2. The van der Waals surface area contributed by atoms with E-state index in [1.807, 2.05) is 0 Å². The molecule has 0 fully saturated rings. The molecule has 0 aliphatic carbocycles. The van der Waals surface area contributed by atoms with E-state index >= 15 is 0 Å². The van der Waals surface area contributed by atoms with Crippen molar-refractivity contribution in [2.45, 2.75) is 4.90 Å². The zero-order valence-electron chi connectivity index (χ0n) is 12.1. The van der Waals surface area contributed by atoms with Gasteiger partial charge in [0.15, 0.2) is 0 Å². The predicted molar refractivity (Wildman–Crippen MR) is 93.6 cm³/mol. The first-order chi connectivity index (χ1) is 11.0. The van der Waals surface area contributed by atoms with Gasteiger partial charge in [0, 0.05) is 4.90 Å². The van der Waals surface area contributed by atoms with Crippen LogP contribution in [-0.4, -0.2) is 24.7 Å². The van der Waals surface area contributed by atoms with Gasteiger partial charge in [-0.25, -0.2) is 4.79 Å². The fourth-order valence-electron chi connectivity index (χ4n) is 1.82. The summed E-state index contributed by atoms with van der Waals surface area (Å²) in [5.74, 6) is -0.677. The van der Waals surface area contributed by atoms with Crippen molar-refractivity contribution in [2.24, 2.45) is 0 Å². The minimum Gasteiger partial charge on any atom is -0.465 e. The number of hydrogen-bond acceptors (Lipinski definition) is 4. The Kier molecular flexibility index (Phi) is 6.33. The number of carbonyl (C=O) groups is 2. The molecule has 0 bridgehead atoms. The highest BCUT2D eigenvalue weighted by atomic mass is 35.5. The van der Waals surface area contributed by atoms with Gasteiger partial charge in [0.05, 0.1) is 34.2 Å². The molecule has 0 saturated heterocycles. The van der Waals surface area contributed by atoms with Crippen molar-refractivity contribution in [2.75, 3.05) is 18.2 Å². The number of halogens is 2. The molecular formula is C16H13Cl2NO3S. The van der Waals surface area contributed by atoms with E-state index in [0.717, 1.165) is 0 Å². The van der Waals surface area contributed by atoms with Gasteiger partial charge in [0.2, 0.25) is 5.91 Å². The van der Waals surface area contributed by atoms with Crippen molar-refractivity contribution in [3.05, 3.63) is 58.1 Å². The van der Waals surface area contributed by atoms with E-state index in [2.05, 4.69) is 10.1 Å². The second-order valence-electron chi connectivity index (χ2n) is 4.42. The van der Waals surface area contributed by atoms with Crippen LogP contribution in [0.5, 0.6) is 0 Å². The van der Waals surface area contributed by atoms with Crippen LogP contribution >= 0.6 is 35.0 Å². The quantitative estimate of drug-likeness (QED) is 0.622. The number of amides is 1. The molecule has 0 unspecified atom stereocenters. The smallest absolute Gasteiger partial charge is 0.339 e. The van der Waals surface area contributed by atoms with Crippen molar-refractivity contribution in [3.8, 4) is 0 Å². The number of anilines is 1. The van der Waals surface area contributed by atoms with Gasteiger partial charge in [-0.2, -0.15) is 0 Å². The van der Waals surface area contributed by atoms with Crippen LogP contribution < -0.4 is 5.32 Å². The van der Waals surface area contributed by atoms with Crippen molar-refractivity contribution in [3.63, 3.8) is 0 Å². The number of esters is 1. The van der Waals surface area contributed by atoms with Crippen molar-refractivity contribution in [1.82, 2.24) is 0 Å². The highest BCUT2D eigenvalue weighted by Gasteiger charge is 2.14. The number of para-hydroxylation sites is 1. The number of thioether (sulfide) groups is 1. The minimum atomic E-state index is -0.511. The maximum Gasteiger partial charge on any atom is 0.339 e. The fourth-order valence-corrected chi connectivity index (χ4v) is 3.31. The van der Waals surface area contributed by atoms with Gasteiger partial charge >= 0.3 is 5.97 Å². The van der Waals surface area contributed by atoms with Gasteiger partial charge in [-0.05, 0) is 24.3 Å². The van der Waals surface area contributed by atoms with E-state index in [1.165, 1.54) is 18.9 Å². The Hall–Kier alpha value is -1.69. The topological polar surface area (TPSA) is 55.4 Å². The van der Waals surface area contributed by atoms with E-state index in [1.54, 1.807) is 42.5 Å². The zero-order chi connectivity index (χ0) is 16.8. The number of carbonyl (C=O) groups excluding carboxylic acids is 2. The van der Waals surface area contributed by atoms with Crippen LogP contribution in [0.1, 0.15) is 10.4 Å². The van der Waals surface area contributed by atoms with E-state index in [0.29, 0.717) is 26.2 Å². The molecule has 2 rings (SSSR count). The van der Waals surface area contributed by atoms with Gasteiger partial charge in [-0.1, -0.05) is 41.4 Å².